The molecule has 4 aromatic rings. The lowest BCUT2D eigenvalue weighted by Crippen LogP contribution is -2.49. The first kappa shape index (κ1) is 27.1. The van der Waals surface area contributed by atoms with Gasteiger partial charge in [0, 0.05) is 61.3 Å². The molecule has 0 spiro atoms. The molecule has 2 aromatic carbocycles. The van der Waals surface area contributed by atoms with E-state index >= 15 is 0 Å². The van der Waals surface area contributed by atoms with Crippen LogP contribution in [0.1, 0.15) is 33.6 Å². The number of piperazine rings is 1. The summed E-state index contributed by atoms with van der Waals surface area (Å²) in [5.41, 5.74) is 2.79. The molecule has 2 aromatic heterocycles. The van der Waals surface area contributed by atoms with Gasteiger partial charge in [-0.25, -0.2) is 22.7 Å². The Bertz CT molecular complexity index is 1680. The second-order valence-electron chi connectivity index (χ2n) is 10.4. The lowest BCUT2D eigenvalue weighted by molar-refractivity contribution is 0.0746. The van der Waals surface area contributed by atoms with Crippen LogP contribution in [0.25, 0.3) is 21.6 Å². The minimum atomic E-state index is -3.54. The minimum Gasteiger partial charge on any atom is -0.352 e. The predicted octanol–water partition coefficient (Wildman–Crippen LogP) is 5.10. The van der Waals surface area contributed by atoms with Crippen molar-refractivity contribution >= 4 is 54.9 Å². The molecule has 2 aliphatic rings. The van der Waals surface area contributed by atoms with E-state index in [1.807, 2.05) is 29.2 Å². The normalized spacial score (nSPS) is 16.0. The van der Waals surface area contributed by atoms with Gasteiger partial charge in [-0.3, -0.25) is 4.79 Å². The largest absolute Gasteiger partial charge is 0.352 e. The van der Waals surface area contributed by atoms with Gasteiger partial charge in [-0.2, -0.15) is 0 Å². The number of benzene rings is 2. The Labute approximate surface area is 243 Å². The van der Waals surface area contributed by atoms with E-state index in [1.165, 1.54) is 49.5 Å². The number of hydrogen-bond donors (Lipinski definition) is 0. The summed E-state index contributed by atoms with van der Waals surface area (Å²) in [6.07, 6.45) is 4.51. The smallest absolute Gasteiger partial charge is 0.253 e. The summed E-state index contributed by atoms with van der Waals surface area (Å²) in [5.74, 6) is 1.53. The quantitative estimate of drug-likeness (QED) is 0.319. The molecule has 40 heavy (non-hydrogen) atoms. The van der Waals surface area contributed by atoms with Crippen molar-refractivity contribution in [2.24, 2.45) is 0 Å². The van der Waals surface area contributed by atoms with Crippen LogP contribution in [0.15, 0.2) is 53.4 Å². The number of amides is 1. The molecule has 3 heterocycles. The first-order valence-electron chi connectivity index (χ1n) is 13.4. The maximum absolute atomic E-state index is 13.3. The van der Waals surface area contributed by atoms with E-state index in [9.17, 15) is 13.2 Å². The fourth-order valence-electron chi connectivity index (χ4n) is 5.38. The van der Waals surface area contributed by atoms with E-state index in [2.05, 4.69) is 4.90 Å². The summed E-state index contributed by atoms with van der Waals surface area (Å²) < 4.78 is 25.9. The van der Waals surface area contributed by atoms with Crippen LogP contribution < -0.4 is 4.90 Å². The monoisotopic (exact) mass is 595 g/mol. The zero-order valence-corrected chi connectivity index (χ0v) is 24.8. The van der Waals surface area contributed by atoms with Crippen LogP contribution in [-0.4, -0.2) is 73.8 Å². The van der Waals surface area contributed by atoms with E-state index in [0.29, 0.717) is 42.6 Å². The molecule has 0 saturated carbocycles. The first-order valence-corrected chi connectivity index (χ1v) is 16.0. The Balaban J connectivity index is 1.26. The van der Waals surface area contributed by atoms with Crippen molar-refractivity contribution in [2.45, 2.75) is 30.6 Å². The Morgan fingerprint density at radius 2 is 1.60 bits per heavy atom. The van der Waals surface area contributed by atoms with E-state index in [4.69, 9.17) is 21.6 Å². The van der Waals surface area contributed by atoms with Gasteiger partial charge in [-0.15, -0.1) is 11.3 Å². The van der Waals surface area contributed by atoms with Gasteiger partial charge < -0.3 is 9.80 Å². The second-order valence-corrected chi connectivity index (χ2v) is 14.0. The number of anilines is 1. The van der Waals surface area contributed by atoms with Gasteiger partial charge in [0.15, 0.2) is 5.82 Å². The lowest BCUT2D eigenvalue weighted by Gasteiger charge is -2.36. The Morgan fingerprint density at radius 1 is 0.925 bits per heavy atom. The molecule has 0 unspecified atom stereocenters. The van der Waals surface area contributed by atoms with Gasteiger partial charge in [0.2, 0.25) is 10.0 Å². The fraction of sp³-hybridized carbons (Fsp3) is 0.345. The number of carbonyl (C=O) groups excluding carboxylic acids is 1. The highest BCUT2D eigenvalue weighted by molar-refractivity contribution is 7.89. The van der Waals surface area contributed by atoms with Crippen molar-refractivity contribution in [2.75, 3.05) is 45.2 Å². The number of aromatic nitrogens is 2. The Hall–Kier alpha value is -3.05. The topological polar surface area (TPSA) is 86.7 Å². The number of fused-ring (bicyclic) bond motifs is 3. The van der Waals surface area contributed by atoms with E-state index in [1.54, 1.807) is 23.5 Å². The molecule has 1 fully saturated rings. The zero-order valence-electron chi connectivity index (χ0n) is 22.4. The zero-order chi connectivity index (χ0) is 28.0. The van der Waals surface area contributed by atoms with Gasteiger partial charge in [0.05, 0.1) is 10.3 Å². The molecule has 1 aliphatic carbocycles. The van der Waals surface area contributed by atoms with Crippen LogP contribution in [0, 0.1) is 0 Å². The SMILES string of the molecule is CN(C)S(=O)(=O)c1ccc(C(=O)N2CCN(c3nc(-c4ccc(Cl)cc4)nc4sc5c(c34)CCCC5)CC2)cc1. The molecule has 1 amide bonds. The van der Waals surface area contributed by atoms with Crippen LogP contribution in [-0.2, 0) is 22.9 Å². The first-order chi connectivity index (χ1) is 19.2. The Morgan fingerprint density at radius 3 is 2.27 bits per heavy atom. The number of nitrogens with zero attached hydrogens (tertiary/aromatic N) is 5. The summed E-state index contributed by atoms with van der Waals surface area (Å²) in [7, 11) is -0.564. The molecular formula is C29H30ClN5O3S2. The third kappa shape index (κ3) is 4.98. The maximum Gasteiger partial charge on any atom is 0.253 e. The van der Waals surface area contributed by atoms with E-state index in [-0.39, 0.29) is 10.8 Å². The van der Waals surface area contributed by atoms with Crippen molar-refractivity contribution in [3.05, 3.63) is 69.6 Å². The molecule has 0 bridgehead atoms. The number of halogens is 1. The van der Waals surface area contributed by atoms with Crippen LogP contribution in [0.4, 0.5) is 5.82 Å². The number of hydrogen-bond acceptors (Lipinski definition) is 7. The number of carbonyl (C=O) groups is 1. The fourth-order valence-corrected chi connectivity index (χ4v) is 7.66. The molecule has 1 aliphatic heterocycles. The van der Waals surface area contributed by atoms with Crippen molar-refractivity contribution in [1.82, 2.24) is 19.2 Å². The third-order valence-electron chi connectivity index (χ3n) is 7.64. The summed E-state index contributed by atoms with van der Waals surface area (Å²) in [5, 5.41) is 1.83. The van der Waals surface area contributed by atoms with Gasteiger partial charge in [-0.1, -0.05) is 11.6 Å². The highest BCUT2D eigenvalue weighted by atomic mass is 35.5. The van der Waals surface area contributed by atoms with Gasteiger partial charge >= 0.3 is 0 Å². The number of aryl methyl sites for hydroxylation is 2. The summed E-state index contributed by atoms with van der Waals surface area (Å²) in [4.78, 5) is 30.1. The molecular weight excluding hydrogens is 566 g/mol. The van der Waals surface area contributed by atoms with Crippen LogP contribution >= 0.6 is 22.9 Å². The molecule has 1 saturated heterocycles. The molecule has 0 radical (unpaired) electrons. The average Bonchev–Trinajstić information content (AvgIpc) is 3.35. The maximum atomic E-state index is 13.3. The van der Waals surface area contributed by atoms with Crippen molar-refractivity contribution in [1.29, 1.82) is 0 Å². The van der Waals surface area contributed by atoms with E-state index in [0.717, 1.165) is 38.7 Å². The highest BCUT2D eigenvalue weighted by Gasteiger charge is 2.28. The van der Waals surface area contributed by atoms with Gasteiger partial charge in [0.1, 0.15) is 10.6 Å². The van der Waals surface area contributed by atoms with Gasteiger partial charge in [0.25, 0.3) is 5.91 Å². The number of rotatable bonds is 5. The molecule has 6 rings (SSSR count). The standard InChI is InChI=1S/C29H30ClN5O3S2/c1-33(2)40(37,38)22-13-9-20(10-14-22)29(36)35-17-15-34(16-18-35)27-25-23-5-3-4-6-24(23)39-28(25)32-26(31-27)19-7-11-21(30)12-8-19/h7-14H,3-6,15-18H2,1-2H3. The summed E-state index contributed by atoms with van der Waals surface area (Å²) in [6, 6.07) is 13.8. The second kappa shape index (κ2) is 10.7. The molecule has 208 valence electrons. The number of sulfonamides is 1. The molecule has 8 nitrogen and oxygen atoms in total. The van der Waals surface area contributed by atoms with Crippen LogP contribution in [0.3, 0.4) is 0 Å². The molecule has 11 heteroatoms. The van der Waals surface area contributed by atoms with Crippen LogP contribution in [0.2, 0.25) is 5.02 Å². The van der Waals surface area contributed by atoms with E-state index < -0.39 is 10.0 Å². The van der Waals surface area contributed by atoms with Crippen molar-refractivity contribution in [3.63, 3.8) is 0 Å². The van der Waals surface area contributed by atoms with Crippen molar-refractivity contribution in [3.8, 4) is 11.4 Å². The molecule has 0 N–H and O–H groups in total. The number of thiophene rings is 1. The van der Waals surface area contributed by atoms with Gasteiger partial charge in [-0.05, 0) is 79.8 Å². The Kier molecular flexibility index (Phi) is 7.28. The summed E-state index contributed by atoms with van der Waals surface area (Å²) in [6.45, 7) is 2.39. The third-order valence-corrected chi connectivity index (χ3v) is 10.9. The van der Waals surface area contributed by atoms with Crippen molar-refractivity contribution < 1.29 is 13.2 Å². The summed E-state index contributed by atoms with van der Waals surface area (Å²) >= 11 is 7.91. The minimum absolute atomic E-state index is 0.101. The molecule has 0 atom stereocenters. The predicted molar refractivity (Wildman–Crippen MR) is 160 cm³/mol. The highest BCUT2D eigenvalue weighted by Crippen LogP contribution is 2.41. The van der Waals surface area contributed by atoms with Crippen LogP contribution in [0.5, 0.6) is 0 Å². The lowest BCUT2D eigenvalue weighted by atomic mass is 9.96. The average molecular weight is 596 g/mol.